The minimum Gasteiger partial charge on any atom is -0.370 e. The van der Waals surface area contributed by atoms with Crippen LogP contribution in [0, 0.1) is 0 Å². The van der Waals surface area contributed by atoms with Gasteiger partial charge in [0.15, 0.2) is 17.9 Å². The van der Waals surface area contributed by atoms with Crippen molar-refractivity contribution < 1.29 is 38.4 Å². The van der Waals surface area contributed by atoms with Crippen molar-refractivity contribution in [2.24, 2.45) is 60.8 Å². The van der Waals surface area contributed by atoms with Crippen molar-refractivity contribution >= 4 is 97.8 Å². The Hall–Kier alpha value is -10.2. The van der Waals surface area contributed by atoms with Crippen LogP contribution in [0.3, 0.4) is 0 Å². The summed E-state index contributed by atoms with van der Waals surface area (Å²) in [7, 11) is 0. The minimum absolute atomic E-state index is 0.0360. The molecule has 3 aromatic carbocycles. The summed E-state index contributed by atoms with van der Waals surface area (Å²) in [5.41, 5.74) is 50.1. The Kier molecular flexibility index (Phi) is 30.8. The van der Waals surface area contributed by atoms with Crippen LogP contribution in [0.5, 0.6) is 0 Å². The normalized spacial score (nSPS) is 13.4. The van der Waals surface area contributed by atoms with Crippen LogP contribution in [0.25, 0.3) is 32.7 Å². The molecule has 96 heavy (non-hydrogen) atoms. The number of guanidine groups is 3. The van der Waals surface area contributed by atoms with E-state index in [9.17, 15) is 24.0 Å². The molecule has 0 aliphatic heterocycles. The van der Waals surface area contributed by atoms with Gasteiger partial charge in [-0.05, 0) is 99.1 Å². The third-order valence-electron chi connectivity index (χ3n) is 16.6. The van der Waals surface area contributed by atoms with Crippen LogP contribution in [0.4, 0.5) is 0 Å². The van der Waals surface area contributed by atoms with E-state index in [1.54, 1.807) is 18.6 Å². The Labute approximate surface area is 558 Å². The lowest BCUT2D eigenvalue weighted by Gasteiger charge is -2.28. The molecule has 29 heteroatoms. The number of nitrogens with one attached hydrogen (secondary N) is 10. The number of rotatable bonds is 44. The van der Waals surface area contributed by atoms with E-state index < -0.39 is 83.6 Å². The summed E-state index contributed by atoms with van der Waals surface area (Å²) in [6.45, 7) is 2.83. The van der Waals surface area contributed by atoms with Gasteiger partial charge in [-0.1, -0.05) is 100 Å². The predicted molar refractivity (Wildman–Crippen MR) is 374 cm³/mol. The molecule has 3 heterocycles. The molecule has 0 aliphatic rings. The molecule has 520 valence electrons. The number of aliphatic imine (C=N–C) groups is 3. The van der Waals surface area contributed by atoms with Gasteiger partial charge < -0.3 is 98.0 Å². The number of aromatic nitrogens is 3. The molecule has 29 nitrogen and oxygen atoms in total. The number of unbranched alkanes of at least 4 members (excludes halogenated alkanes) is 7. The second kappa shape index (κ2) is 39.5. The van der Waals surface area contributed by atoms with Gasteiger partial charge in [-0.2, -0.15) is 0 Å². The van der Waals surface area contributed by atoms with Gasteiger partial charge in [0, 0.05) is 103 Å². The molecule has 6 rings (SSSR count). The van der Waals surface area contributed by atoms with Crippen LogP contribution in [0.1, 0.15) is 133 Å². The standard InChI is InChI=1S/C67H99N21O8/c1-2-3-4-5-6-7-8-30-57(89)76-31-16-15-27-51(58(69)90)83-62(94)55(36-42-39-81-49-25-13-10-21-45(42)49)87-60(92)53(29-19-34-79-67(74)75)85-64(96)56(37-43-40-82-50-26-14-11-22-46(43)50)88-61(93)52(28-18-33-78-66(72)73)84-63(95)54(35-41-38-80-48-24-12-9-20-44(41)48)86-59(91)47(68)23-17-32-77-65(70)71/h9-14,20-22,24-26,38-40,47,51-56,80-82H,2-8,15-19,23,27-37,68H2,1H3,(H2,69,90)(H,76,89)(H,83,94)(H,84,95)(H,85,96)(H,86,91)(H,87,92)(H,88,93)(H4,70,71,77)(H4,72,73,78)(H4,74,75,79)/t47-,51+,52-,53-,54-,55-,56-/m1/s1. The monoisotopic (exact) mass is 1330 g/mol. The molecule has 26 N–H and O–H groups in total. The molecule has 3 aromatic heterocycles. The van der Waals surface area contributed by atoms with Gasteiger partial charge in [0.2, 0.25) is 47.3 Å². The number of hydrogen-bond acceptors (Lipinski definition) is 12. The zero-order chi connectivity index (χ0) is 69.4. The van der Waals surface area contributed by atoms with Crippen molar-refractivity contribution in [3.8, 4) is 0 Å². The maximum absolute atomic E-state index is 15.3. The molecule has 0 radical (unpaired) electrons. The summed E-state index contributed by atoms with van der Waals surface area (Å²) >= 11 is 0. The Morgan fingerprint density at radius 2 is 0.740 bits per heavy atom. The van der Waals surface area contributed by atoms with Crippen LogP contribution >= 0.6 is 0 Å². The highest BCUT2D eigenvalue weighted by molar-refractivity contribution is 5.99. The average molecular weight is 1330 g/mol. The highest BCUT2D eigenvalue weighted by atomic mass is 16.2. The molecule has 0 fully saturated rings. The van der Waals surface area contributed by atoms with Gasteiger partial charge in [0.05, 0.1) is 6.04 Å². The highest BCUT2D eigenvalue weighted by Gasteiger charge is 2.35. The fourth-order valence-electron chi connectivity index (χ4n) is 11.3. The van der Waals surface area contributed by atoms with E-state index in [0.717, 1.165) is 58.4 Å². The van der Waals surface area contributed by atoms with E-state index in [4.69, 9.17) is 45.9 Å². The van der Waals surface area contributed by atoms with Crippen molar-refractivity contribution in [3.05, 3.63) is 108 Å². The van der Waals surface area contributed by atoms with Gasteiger partial charge in [0.25, 0.3) is 0 Å². The maximum atomic E-state index is 15.3. The molecule has 8 amide bonds. The second-order valence-corrected chi connectivity index (χ2v) is 24.1. The van der Waals surface area contributed by atoms with Crippen molar-refractivity contribution in [1.82, 2.24) is 52.2 Å². The summed E-state index contributed by atoms with van der Waals surface area (Å²) in [4.78, 5) is 136. The van der Waals surface area contributed by atoms with Gasteiger partial charge in [-0.25, -0.2) is 0 Å². The molecule has 7 atom stereocenters. The van der Waals surface area contributed by atoms with Crippen LogP contribution in [0.15, 0.2) is 106 Å². The average Bonchev–Trinajstić information content (AvgIpc) is 1.65. The van der Waals surface area contributed by atoms with Gasteiger partial charge in [-0.15, -0.1) is 0 Å². The van der Waals surface area contributed by atoms with E-state index in [-0.39, 0.29) is 101 Å². The Morgan fingerprint density at radius 1 is 0.396 bits per heavy atom. The first-order chi connectivity index (χ1) is 46.2. The fourth-order valence-corrected chi connectivity index (χ4v) is 11.3. The van der Waals surface area contributed by atoms with E-state index in [2.05, 4.69) is 74.1 Å². The van der Waals surface area contributed by atoms with Crippen molar-refractivity contribution in [2.45, 2.75) is 178 Å². The fraction of sp³-hybridized carbons (Fsp3) is 0.478. The zero-order valence-electron chi connectivity index (χ0n) is 54.9. The second-order valence-electron chi connectivity index (χ2n) is 24.1. The number of nitrogens with two attached hydrogens (primary N) is 8. The number of para-hydroxylation sites is 3. The molecular weight excluding hydrogens is 1230 g/mol. The number of primary amides is 1. The third kappa shape index (κ3) is 24.9. The molecule has 6 aromatic rings. The zero-order valence-corrected chi connectivity index (χ0v) is 54.9. The lowest BCUT2D eigenvalue weighted by Crippen LogP contribution is -2.60. The molecule has 0 unspecified atom stereocenters. The van der Waals surface area contributed by atoms with Crippen LogP contribution in [-0.2, 0) is 57.6 Å². The minimum atomic E-state index is -1.46. The number of nitrogens with zero attached hydrogens (tertiary/aromatic N) is 3. The number of hydrogen-bond donors (Lipinski definition) is 18. The number of aromatic amines is 3. The number of amides is 8. The number of carbonyl (C=O) groups excluding carboxylic acids is 8. The third-order valence-corrected chi connectivity index (χ3v) is 16.6. The summed E-state index contributed by atoms with van der Waals surface area (Å²) in [5.74, 6) is -6.02. The van der Waals surface area contributed by atoms with E-state index in [1.165, 1.54) is 19.3 Å². The highest BCUT2D eigenvalue weighted by Crippen LogP contribution is 2.23. The predicted octanol–water partition coefficient (Wildman–Crippen LogP) is 1.47. The van der Waals surface area contributed by atoms with Gasteiger partial charge in [-0.3, -0.25) is 53.3 Å². The first-order valence-corrected chi connectivity index (χ1v) is 33.2. The number of benzene rings is 3. The van der Waals surface area contributed by atoms with Gasteiger partial charge in [0.1, 0.15) is 36.3 Å². The van der Waals surface area contributed by atoms with E-state index in [1.807, 2.05) is 72.8 Å². The van der Waals surface area contributed by atoms with Crippen LogP contribution in [0.2, 0.25) is 0 Å². The largest absolute Gasteiger partial charge is 0.370 e. The Balaban J connectivity index is 1.27. The van der Waals surface area contributed by atoms with Crippen molar-refractivity contribution in [3.63, 3.8) is 0 Å². The molecule has 0 aliphatic carbocycles. The summed E-state index contributed by atoms with van der Waals surface area (Å²) in [6, 6.07) is 12.9. The maximum Gasteiger partial charge on any atom is 0.243 e. The summed E-state index contributed by atoms with van der Waals surface area (Å²) < 4.78 is 0. The first-order valence-electron chi connectivity index (χ1n) is 33.2. The van der Waals surface area contributed by atoms with Crippen molar-refractivity contribution in [1.29, 1.82) is 0 Å². The van der Waals surface area contributed by atoms with Gasteiger partial charge >= 0.3 is 0 Å². The van der Waals surface area contributed by atoms with E-state index >= 15 is 14.4 Å². The Bertz CT molecular complexity index is 3600. The Morgan fingerprint density at radius 3 is 1.15 bits per heavy atom. The molecule has 0 saturated carbocycles. The number of carbonyl (C=O) groups is 8. The smallest absolute Gasteiger partial charge is 0.243 e. The lowest BCUT2D eigenvalue weighted by molar-refractivity contribution is -0.135. The number of fused-ring (bicyclic) bond motifs is 3. The van der Waals surface area contributed by atoms with E-state index in [0.29, 0.717) is 48.9 Å². The first kappa shape index (κ1) is 74.8. The summed E-state index contributed by atoms with van der Waals surface area (Å²) in [5, 5.41) is 22.2. The molecular formula is C67H99N21O8. The lowest BCUT2D eigenvalue weighted by atomic mass is 10.0. The van der Waals surface area contributed by atoms with Crippen molar-refractivity contribution in [2.75, 3.05) is 26.2 Å². The van der Waals surface area contributed by atoms with Crippen LogP contribution in [-0.4, -0.2) is 149 Å². The SMILES string of the molecule is CCCCCCCCCC(=O)NCCCC[C@H](NC(=O)[C@@H](Cc1c[nH]c2ccccc12)NC(=O)[C@@H](CCCN=C(N)N)NC(=O)[C@@H](Cc1c[nH]c2ccccc12)NC(=O)[C@@H](CCCN=C(N)N)NC(=O)[C@@H](Cc1c[nH]c2ccccc12)NC(=O)[C@H](N)CCCN=C(N)N)C(N)=O. The van der Waals surface area contributed by atoms with Crippen LogP contribution < -0.4 is 83.1 Å². The molecule has 0 saturated heterocycles. The quantitative estimate of drug-likeness (QED) is 0.0146. The molecule has 0 bridgehead atoms. The summed E-state index contributed by atoms with van der Waals surface area (Å²) in [6.07, 6.45) is 14.6. The number of H-pyrrole nitrogens is 3. The topological polar surface area (TPSA) is 513 Å². The molecule has 0 spiro atoms.